The minimum atomic E-state index is -4.27. The molecule has 1 aromatic carbocycles. The molecule has 0 aliphatic carbocycles. The summed E-state index contributed by atoms with van der Waals surface area (Å²) in [4.78, 5) is 0. The predicted octanol–water partition coefficient (Wildman–Crippen LogP) is 4.66. The largest absolute Gasteiger partial charge is 0.389 e. The Kier molecular flexibility index (Phi) is 6.60. The van der Waals surface area contributed by atoms with E-state index in [1.54, 1.807) is 13.0 Å². The minimum absolute atomic E-state index is 0. The van der Waals surface area contributed by atoms with Crippen LogP contribution < -0.4 is 5.73 Å². The fraction of sp³-hybridized carbons (Fsp3) is 0.455. The Hall–Kier alpha value is -0.330. The van der Waals surface area contributed by atoms with Crippen LogP contribution in [0, 0.1) is 12.7 Å². The van der Waals surface area contributed by atoms with Crippen LogP contribution in [0.25, 0.3) is 0 Å². The number of benzene rings is 1. The normalized spacial score (nSPS) is 13.1. The van der Waals surface area contributed by atoms with E-state index in [9.17, 15) is 17.6 Å². The molecule has 0 spiro atoms. The molecule has 0 amide bonds. The third-order valence-electron chi connectivity index (χ3n) is 2.39. The van der Waals surface area contributed by atoms with Gasteiger partial charge in [0, 0.05) is 22.5 Å². The molecule has 2 N–H and O–H groups in total. The van der Waals surface area contributed by atoms with E-state index in [1.807, 2.05) is 0 Å². The summed E-state index contributed by atoms with van der Waals surface area (Å²) in [6.07, 6.45) is -5.61. The summed E-state index contributed by atoms with van der Waals surface area (Å²) in [5, 5.41) is 0. The molecule has 0 fully saturated rings. The smallest absolute Gasteiger partial charge is 0.324 e. The molecule has 0 aliphatic rings. The Bertz CT molecular complexity index is 409. The second-order valence-electron chi connectivity index (χ2n) is 3.89. The van der Waals surface area contributed by atoms with Crippen molar-refractivity contribution in [3.8, 4) is 0 Å². The van der Waals surface area contributed by atoms with Crippen LogP contribution in [-0.2, 0) is 0 Å². The summed E-state index contributed by atoms with van der Waals surface area (Å²) in [6.45, 7) is 1.54. The Balaban J connectivity index is 0.00000289. The summed E-state index contributed by atoms with van der Waals surface area (Å²) in [5.41, 5.74) is 6.05. The van der Waals surface area contributed by atoms with Crippen LogP contribution in [0.5, 0.6) is 0 Å². The number of hydrogen-bond donors (Lipinski definition) is 1. The molecule has 0 bridgehead atoms. The van der Waals surface area contributed by atoms with Gasteiger partial charge in [0.25, 0.3) is 0 Å². The topological polar surface area (TPSA) is 26.0 Å². The Morgan fingerprint density at radius 3 is 2.39 bits per heavy atom. The van der Waals surface area contributed by atoms with Gasteiger partial charge in [-0.1, -0.05) is 15.9 Å². The summed E-state index contributed by atoms with van der Waals surface area (Å²) < 4.78 is 50.4. The van der Waals surface area contributed by atoms with Crippen molar-refractivity contribution < 1.29 is 17.6 Å². The van der Waals surface area contributed by atoms with Crippen LogP contribution in [-0.4, -0.2) is 6.18 Å². The lowest BCUT2D eigenvalue weighted by atomic mass is 10.00. The molecule has 104 valence electrons. The first-order valence-corrected chi connectivity index (χ1v) is 5.78. The van der Waals surface area contributed by atoms with Crippen LogP contribution >= 0.6 is 28.3 Å². The Morgan fingerprint density at radius 2 is 1.89 bits per heavy atom. The average molecular weight is 351 g/mol. The van der Waals surface area contributed by atoms with Crippen molar-refractivity contribution in [2.75, 3.05) is 0 Å². The molecule has 1 nitrogen and oxygen atoms in total. The van der Waals surface area contributed by atoms with Crippen molar-refractivity contribution in [3.05, 3.63) is 33.5 Å². The number of nitrogens with two attached hydrogens (primary N) is 1. The van der Waals surface area contributed by atoms with Crippen LogP contribution in [0.3, 0.4) is 0 Å². The zero-order valence-corrected chi connectivity index (χ0v) is 11.9. The highest BCUT2D eigenvalue weighted by atomic mass is 79.9. The van der Waals surface area contributed by atoms with E-state index in [2.05, 4.69) is 15.9 Å². The van der Waals surface area contributed by atoms with Crippen LogP contribution in [0.1, 0.15) is 30.0 Å². The molecular formula is C11H13BrClF4N. The van der Waals surface area contributed by atoms with E-state index in [-0.39, 0.29) is 24.4 Å². The van der Waals surface area contributed by atoms with Crippen LogP contribution in [0.15, 0.2) is 16.6 Å². The molecule has 1 aromatic rings. The standard InChI is InChI=1S/C11H12BrF4N.ClH/c1-6-4-7(12)5-8(10(6)13)9(17)2-3-11(14,15)16;/h4-5,9H,2-3,17H2,1H3;1H/t9-;/m1./s1. The molecule has 0 aliphatic heterocycles. The average Bonchev–Trinajstić information content (AvgIpc) is 2.19. The molecule has 0 heterocycles. The van der Waals surface area contributed by atoms with Gasteiger partial charge in [0.15, 0.2) is 0 Å². The maximum Gasteiger partial charge on any atom is 0.389 e. The second kappa shape index (κ2) is 6.73. The number of aryl methyl sites for hydroxylation is 1. The first-order chi connectivity index (χ1) is 7.70. The molecule has 0 unspecified atom stereocenters. The van der Waals surface area contributed by atoms with Crippen LogP contribution in [0.4, 0.5) is 17.6 Å². The van der Waals surface area contributed by atoms with Gasteiger partial charge in [0.1, 0.15) is 5.82 Å². The van der Waals surface area contributed by atoms with Crippen LogP contribution in [0.2, 0.25) is 0 Å². The lowest BCUT2D eigenvalue weighted by Gasteiger charge is -2.15. The van der Waals surface area contributed by atoms with Crippen molar-refractivity contribution in [2.24, 2.45) is 5.73 Å². The number of rotatable bonds is 3. The predicted molar refractivity (Wildman–Crippen MR) is 68.3 cm³/mol. The molecule has 0 saturated carbocycles. The molecule has 0 radical (unpaired) electrons. The lowest BCUT2D eigenvalue weighted by Crippen LogP contribution is -2.17. The van der Waals surface area contributed by atoms with E-state index in [4.69, 9.17) is 5.73 Å². The van der Waals surface area contributed by atoms with Gasteiger partial charge >= 0.3 is 6.18 Å². The van der Waals surface area contributed by atoms with Gasteiger partial charge in [0.2, 0.25) is 0 Å². The molecule has 7 heteroatoms. The molecule has 0 aromatic heterocycles. The fourth-order valence-corrected chi connectivity index (χ4v) is 2.09. The van der Waals surface area contributed by atoms with Gasteiger partial charge in [-0.25, -0.2) is 4.39 Å². The van der Waals surface area contributed by atoms with E-state index in [0.717, 1.165) is 0 Å². The molecule has 1 atom stereocenters. The molecule has 0 saturated heterocycles. The SMILES string of the molecule is Cc1cc(Br)cc([C@H](N)CCC(F)(F)F)c1F.Cl. The number of halogens is 6. The van der Waals surface area contributed by atoms with E-state index in [1.165, 1.54) is 6.07 Å². The number of hydrogen-bond acceptors (Lipinski definition) is 1. The van der Waals surface area contributed by atoms with Gasteiger partial charge in [-0.3, -0.25) is 0 Å². The van der Waals surface area contributed by atoms with Gasteiger partial charge in [-0.2, -0.15) is 13.2 Å². The second-order valence-corrected chi connectivity index (χ2v) is 4.80. The first kappa shape index (κ1) is 17.7. The number of alkyl halides is 3. The maximum absolute atomic E-state index is 13.7. The maximum atomic E-state index is 13.7. The van der Waals surface area contributed by atoms with Crippen molar-refractivity contribution >= 4 is 28.3 Å². The fourth-order valence-electron chi connectivity index (χ4n) is 1.50. The third kappa shape index (κ3) is 5.12. The summed E-state index contributed by atoms with van der Waals surface area (Å²) in [6, 6.07) is 2.02. The molecule has 1 rings (SSSR count). The Morgan fingerprint density at radius 1 is 1.33 bits per heavy atom. The van der Waals surface area contributed by atoms with E-state index >= 15 is 0 Å². The van der Waals surface area contributed by atoms with E-state index < -0.39 is 24.5 Å². The zero-order chi connectivity index (χ0) is 13.2. The lowest BCUT2D eigenvalue weighted by molar-refractivity contribution is -0.136. The molecule has 18 heavy (non-hydrogen) atoms. The third-order valence-corrected chi connectivity index (χ3v) is 2.84. The van der Waals surface area contributed by atoms with Crippen molar-refractivity contribution in [2.45, 2.75) is 32.0 Å². The summed E-state index contributed by atoms with van der Waals surface area (Å²) in [5.74, 6) is -0.539. The van der Waals surface area contributed by atoms with E-state index in [0.29, 0.717) is 10.0 Å². The van der Waals surface area contributed by atoms with Gasteiger partial charge in [0.05, 0.1) is 0 Å². The highest BCUT2D eigenvalue weighted by Crippen LogP contribution is 2.29. The highest BCUT2D eigenvalue weighted by Gasteiger charge is 2.28. The summed E-state index contributed by atoms with van der Waals surface area (Å²) in [7, 11) is 0. The quantitative estimate of drug-likeness (QED) is 0.788. The van der Waals surface area contributed by atoms with Crippen molar-refractivity contribution in [1.29, 1.82) is 0 Å². The monoisotopic (exact) mass is 349 g/mol. The first-order valence-electron chi connectivity index (χ1n) is 4.98. The molecular weight excluding hydrogens is 337 g/mol. The van der Waals surface area contributed by atoms with Gasteiger partial charge in [-0.15, -0.1) is 12.4 Å². The van der Waals surface area contributed by atoms with Gasteiger partial charge < -0.3 is 5.73 Å². The van der Waals surface area contributed by atoms with Crippen molar-refractivity contribution in [1.82, 2.24) is 0 Å². The summed E-state index contributed by atoms with van der Waals surface area (Å²) >= 11 is 3.16. The van der Waals surface area contributed by atoms with Gasteiger partial charge in [-0.05, 0) is 31.0 Å². The zero-order valence-electron chi connectivity index (χ0n) is 9.52. The van der Waals surface area contributed by atoms with Crippen molar-refractivity contribution in [3.63, 3.8) is 0 Å². The minimum Gasteiger partial charge on any atom is -0.324 e. The Labute approximate surface area is 117 Å². The highest BCUT2D eigenvalue weighted by molar-refractivity contribution is 9.10.